The van der Waals surface area contributed by atoms with Crippen LogP contribution in [-0.2, 0) is 6.42 Å². The highest BCUT2D eigenvalue weighted by Gasteiger charge is 2.29. The molecule has 3 heteroatoms. The zero-order chi connectivity index (χ0) is 11.6. The summed E-state index contributed by atoms with van der Waals surface area (Å²) in [6.45, 7) is 10.1. The van der Waals surface area contributed by atoms with Crippen LogP contribution in [0, 0.1) is 0 Å². The van der Waals surface area contributed by atoms with Gasteiger partial charge in [-0.2, -0.15) is 0 Å². The SMILES string of the molecule is CC1CNC(C)(C)CN1CCc1ccco1. The minimum Gasteiger partial charge on any atom is -0.469 e. The lowest BCUT2D eigenvalue weighted by Crippen LogP contribution is -2.60. The maximum Gasteiger partial charge on any atom is 0.105 e. The van der Waals surface area contributed by atoms with Crippen LogP contribution in [0.25, 0.3) is 0 Å². The number of hydrogen-bond acceptors (Lipinski definition) is 3. The Balaban J connectivity index is 1.88. The summed E-state index contributed by atoms with van der Waals surface area (Å²) in [4.78, 5) is 2.54. The highest BCUT2D eigenvalue weighted by molar-refractivity contribution is 4.99. The van der Waals surface area contributed by atoms with Crippen molar-refractivity contribution in [3.8, 4) is 0 Å². The molecule has 1 aliphatic heterocycles. The van der Waals surface area contributed by atoms with Gasteiger partial charge in [0.05, 0.1) is 6.26 Å². The molecule has 3 nitrogen and oxygen atoms in total. The summed E-state index contributed by atoms with van der Waals surface area (Å²) >= 11 is 0. The first-order valence-corrected chi connectivity index (χ1v) is 6.08. The van der Waals surface area contributed by atoms with Crippen molar-refractivity contribution in [3.63, 3.8) is 0 Å². The maximum atomic E-state index is 5.37. The molecule has 0 aromatic carbocycles. The summed E-state index contributed by atoms with van der Waals surface area (Å²) < 4.78 is 5.37. The highest BCUT2D eigenvalue weighted by Crippen LogP contribution is 2.15. The average molecular weight is 222 g/mol. The largest absolute Gasteiger partial charge is 0.469 e. The van der Waals surface area contributed by atoms with Crippen molar-refractivity contribution in [3.05, 3.63) is 24.2 Å². The molecule has 0 radical (unpaired) electrons. The fourth-order valence-corrected chi connectivity index (χ4v) is 2.28. The zero-order valence-corrected chi connectivity index (χ0v) is 10.5. The standard InChI is InChI=1S/C13H22N2O/c1-11-9-14-13(2,3)10-15(11)7-6-12-5-4-8-16-12/h4-5,8,11,14H,6-7,9-10H2,1-3H3. The number of nitrogens with zero attached hydrogens (tertiary/aromatic N) is 1. The molecule has 2 heterocycles. The Kier molecular flexibility index (Phi) is 3.36. The van der Waals surface area contributed by atoms with Crippen LogP contribution in [0.1, 0.15) is 26.5 Å². The third-order valence-electron chi connectivity index (χ3n) is 3.32. The number of piperazine rings is 1. The fourth-order valence-electron chi connectivity index (χ4n) is 2.28. The Morgan fingerprint density at radius 3 is 3.06 bits per heavy atom. The van der Waals surface area contributed by atoms with Crippen LogP contribution in [0.15, 0.2) is 22.8 Å². The van der Waals surface area contributed by atoms with Crippen molar-refractivity contribution in [2.75, 3.05) is 19.6 Å². The molecular formula is C13H22N2O. The van der Waals surface area contributed by atoms with Crippen molar-refractivity contribution in [2.24, 2.45) is 0 Å². The number of hydrogen-bond donors (Lipinski definition) is 1. The van der Waals surface area contributed by atoms with Gasteiger partial charge in [0.25, 0.3) is 0 Å². The topological polar surface area (TPSA) is 28.4 Å². The van der Waals surface area contributed by atoms with Gasteiger partial charge in [0.1, 0.15) is 5.76 Å². The monoisotopic (exact) mass is 222 g/mol. The molecule has 1 N–H and O–H groups in total. The summed E-state index contributed by atoms with van der Waals surface area (Å²) in [7, 11) is 0. The van der Waals surface area contributed by atoms with Crippen LogP contribution < -0.4 is 5.32 Å². The molecule has 0 spiro atoms. The van der Waals surface area contributed by atoms with Crippen molar-refractivity contribution >= 4 is 0 Å². The van der Waals surface area contributed by atoms with Gasteiger partial charge in [-0.3, -0.25) is 4.90 Å². The minimum absolute atomic E-state index is 0.232. The predicted molar refractivity (Wildman–Crippen MR) is 65.5 cm³/mol. The first-order valence-electron chi connectivity index (χ1n) is 6.08. The van der Waals surface area contributed by atoms with Crippen LogP contribution in [0.4, 0.5) is 0 Å². The van der Waals surface area contributed by atoms with Gasteiger partial charge in [-0.25, -0.2) is 0 Å². The van der Waals surface area contributed by atoms with Crippen LogP contribution in [0.5, 0.6) is 0 Å². The van der Waals surface area contributed by atoms with Gasteiger partial charge in [-0.05, 0) is 32.9 Å². The van der Waals surface area contributed by atoms with Gasteiger partial charge >= 0.3 is 0 Å². The molecule has 1 atom stereocenters. The normalized spacial score (nSPS) is 25.8. The number of rotatable bonds is 3. The molecule has 0 saturated carbocycles. The smallest absolute Gasteiger partial charge is 0.105 e. The predicted octanol–water partition coefficient (Wildman–Crippen LogP) is 1.89. The Hall–Kier alpha value is -0.800. The van der Waals surface area contributed by atoms with Gasteiger partial charge in [0.15, 0.2) is 0 Å². The average Bonchev–Trinajstić information content (AvgIpc) is 2.72. The van der Waals surface area contributed by atoms with E-state index in [1.807, 2.05) is 6.07 Å². The molecule has 90 valence electrons. The van der Waals surface area contributed by atoms with Gasteiger partial charge in [-0.15, -0.1) is 0 Å². The Morgan fingerprint density at radius 2 is 2.38 bits per heavy atom. The van der Waals surface area contributed by atoms with Crippen molar-refractivity contribution in [2.45, 2.75) is 38.8 Å². The van der Waals surface area contributed by atoms with E-state index >= 15 is 0 Å². The summed E-state index contributed by atoms with van der Waals surface area (Å²) in [5, 5.41) is 3.57. The van der Waals surface area contributed by atoms with Crippen molar-refractivity contribution in [1.29, 1.82) is 0 Å². The zero-order valence-electron chi connectivity index (χ0n) is 10.5. The first-order chi connectivity index (χ1) is 7.57. The number of nitrogens with one attached hydrogen (secondary N) is 1. The third-order valence-corrected chi connectivity index (χ3v) is 3.32. The second-order valence-corrected chi connectivity index (χ2v) is 5.41. The van der Waals surface area contributed by atoms with Crippen LogP contribution >= 0.6 is 0 Å². The lowest BCUT2D eigenvalue weighted by molar-refractivity contribution is 0.104. The quantitative estimate of drug-likeness (QED) is 0.846. The lowest BCUT2D eigenvalue weighted by atomic mass is 9.99. The maximum absolute atomic E-state index is 5.37. The van der Waals surface area contributed by atoms with E-state index < -0.39 is 0 Å². The second kappa shape index (κ2) is 4.60. The van der Waals surface area contributed by atoms with Gasteiger partial charge in [0, 0.05) is 37.6 Å². The summed E-state index contributed by atoms with van der Waals surface area (Å²) in [6, 6.07) is 4.63. The Morgan fingerprint density at radius 1 is 1.56 bits per heavy atom. The molecule has 0 amide bonds. The molecule has 1 fully saturated rings. The second-order valence-electron chi connectivity index (χ2n) is 5.41. The molecule has 0 aliphatic carbocycles. The van der Waals surface area contributed by atoms with E-state index in [1.54, 1.807) is 6.26 Å². The molecule has 16 heavy (non-hydrogen) atoms. The van der Waals surface area contributed by atoms with Gasteiger partial charge in [0.2, 0.25) is 0 Å². The van der Waals surface area contributed by atoms with E-state index in [-0.39, 0.29) is 5.54 Å². The van der Waals surface area contributed by atoms with Crippen LogP contribution in [0.2, 0.25) is 0 Å². The van der Waals surface area contributed by atoms with E-state index in [9.17, 15) is 0 Å². The molecule has 1 saturated heterocycles. The van der Waals surface area contributed by atoms with Crippen molar-refractivity contribution in [1.82, 2.24) is 10.2 Å². The van der Waals surface area contributed by atoms with E-state index in [1.165, 1.54) is 0 Å². The molecule has 1 aromatic rings. The molecule has 2 rings (SSSR count). The van der Waals surface area contributed by atoms with E-state index in [2.05, 4.69) is 37.1 Å². The molecule has 1 aliphatic rings. The fraction of sp³-hybridized carbons (Fsp3) is 0.692. The molecule has 0 bridgehead atoms. The first kappa shape index (κ1) is 11.7. The minimum atomic E-state index is 0.232. The Labute approximate surface area is 97.8 Å². The van der Waals surface area contributed by atoms with Crippen LogP contribution in [0.3, 0.4) is 0 Å². The summed E-state index contributed by atoms with van der Waals surface area (Å²) in [5.41, 5.74) is 0.232. The molecule has 1 unspecified atom stereocenters. The van der Waals surface area contributed by atoms with E-state index in [4.69, 9.17) is 4.42 Å². The third kappa shape index (κ3) is 2.86. The summed E-state index contributed by atoms with van der Waals surface area (Å²) in [6.07, 6.45) is 2.76. The number of furan rings is 1. The lowest BCUT2D eigenvalue weighted by Gasteiger charge is -2.43. The van der Waals surface area contributed by atoms with Crippen molar-refractivity contribution < 1.29 is 4.42 Å². The van der Waals surface area contributed by atoms with Gasteiger partial charge in [-0.1, -0.05) is 0 Å². The highest BCUT2D eigenvalue weighted by atomic mass is 16.3. The molecular weight excluding hydrogens is 200 g/mol. The molecule has 1 aromatic heterocycles. The van der Waals surface area contributed by atoms with E-state index in [0.717, 1.165) is 31.8 Å². The summed E-state index contributed by atoms with van der Waals surface area (Å²) in [5.74, 6) is 1.09. The van der Waals surface area contributed by atoms with Gasteiger partial charge < -0.3 is 9.73 Å². The Bertz CT molecular complexity index is 319. The van der Waals surface area contributed by atoms with Crippen LogP contribution in [-0.4, -0.2) is 36.1 Å². The van der Waals surface area contributed by atoms with E-state index in [0.29, 0.717) is 6.04 Å².